The highest BCUT2D eigenvalue weighted by atomic mass is 16.3. The van der Waals surface area contributed by atoms with Crippen LogP contribution in [0, 0.1) is 0 Å². The van der Waals surface area contributed by atoms with Gasteiger partial charge in [-0.15, -0.1) is 0 Å². The van der Waals surface area contributed by atoms with Gasteiger partial charge < -0.3 is 10.2 Å². The third-order valence-electron chi connectivity index (χ3n) is 2.21. The van der Waals surface area contributed by atoms with Gasteiger partial charge in [0.1, 0.15) is 0 Å². The van der Waals surface area contributed by atoms with E-state index in [9.17, 15) is 5.11 Å². The molecule has 0 aromatic heterocycles. The van der Waals surface area contributed by atoms with Gasteiger partial charge in [0.15, 0.2) is 0 Å². The van der Waals surface area contributed by atoms with Crippen LogP contribution in [0.3, 0.4) is 0 Å². The highest BCUT2D eigenvalue weighted by molar-refractivity contribution is 5.04. The summed E-state index contributed by atoms with van der Waals surface area (Å²) < 4.78 is 0. The van der Waals surface area contributed by atoms with Gasteiger partial charge in [0.25, 0.3) is 0 Å². The molecule has 88 valence electrons. The molecular weight excluding hydrogens is 188 g/mol. The van der Waals surface area contributed by atoms with Crippen molar-refractivity contribution in [3.8, 4) is 0 Å². The minimum absolute atomic E-state index is 0.244. The van der Waals surface area contributed by atoms with Gasteiger partial charge in [-0.2, -0.15) is 0 Å². The molecule has 0 saturated carbocycles. The first-order valence-electron chi connectivity index (χ1n) is 5.93. The Bertz CT molecular complexity index is 173. The van der Waals surface area contributed by atoms with Gasteiger partial charge in [-0.1, -0.05) is 50.5 Å². The van der Waals surface area contributed by atoms with Crippen molar-refractivity contribution in [1.29, 1.82) is 0 Å². The normalized spacial score (nSPS) is 14.1. The van der Waals surface area contributed by atoms with Crippen LogP contribution in [0.25, 0.3) is 0 Å². The molecule has 0 rings (SSSR count). The van der Waals surface area contributed by atoms with E-state index in [4.69, 9.17) is 5.11 Å². The number of allylic oxidation sites excluding steroid dienone is 3. The van der Waals surface area contributed by atoms with Crippen molar-refractivity contribution in [3.63, 3.8) is 0 Å². The van der Waals surface area contributed by atoms with E-state index in [1.165, 1.54) is 12.8 Å². The SMILES string of the molecule is CCCCC[C@H](O)/C=C/C=C\CCCO. The van der Waals surface area contributed by atoms with Crippen molar-refractivity contribution < 1.29 is 10.2 Å². The van der Waals surface area contributed by atoms with E-state index in [1.54, 1.807) is 0 Å². The molecule has 0 spiro atoms. The number of hydrogen-bond acceptors (Lipinski definition) is 2. The lowest BCUT2D eigenvalue weighted by Crippen LogP contribution is -2.00. The van der Waals surface area contributed by atoms with Gasteiger partial charge in [-0.25, -0.2) is 0 Å². The van der Waals surface area contributed by atoms with Crippen molar-refractivity contribution >= 4 is 0 Å². The molecule has 0 aromatic rings. The summed E-state index contributed by atoms with van der Waals surface area (Å²) in [6.07, 6.45) is 13.4. The van der Waals surface area contributed by atoms with Crippen LogP contribution >= 0.6 is 0 Å². The fourth-order valence-electron chi connectivity index (χ4n) is 1.28. The summed E-state index contributed by atoms with van der Waals surface area (Å²) in [5.74, 6) is 0. The van der Waals surface area contributed by atoms with Crippen LogP contribution in [-0.4, -0.2) is 22.9 Å². The summed E-state index contributed by atoms with van der Waals surface area (Å²) in [7, 11) is 0. The zero-order valence-corrected chi connectivity index (χ0v) is 9.73. The number of aliphatic hydroxyl groups excluding tert-OH is 2. The maximum absolute atomic E-state index is 9.52. The van der Waals surface area contributed by atoms with Crippen LogP contribution in [0.5, 0.6) is 0 Å². The maximum Gasteiger partial charge on any atom is 0.0723 e. The minimum atomic E-state index is -0.306. The molecular formula is C13H24O2. The average molecular weight is 212 g/mol. The highest BCUT2D eigenvalue weighted by Crippen LogP contribution is 2.04. The third-order valence-corrected chi connectivity index (χ3v) is 2.21. The molecule has 1 atom stereocenters. The second-order valence-corrected chi connectivity index (χ2v) is 3.74. The summed E-state index contributed by atoms with van der Waals surface area (Å²) in [4.78, 5) is 0. The molecule has 2 N–H and O–H groups in total. The molecule has 0 amide bonds. The lowest BCUT2D eigenvalue weighted by atomic mass is 10.1. The van der Waals surface area contributed by atoms with E-state index in [-0.39, 0.29) is 12.7 Å². The standard InChI is InChI=1S/C13H24O2/c1-2-3-7-10-13(15)11-8-5-4-6-9-12-14/h4-5,8,11,13-15H,2-3,6-7,9-10,12H2,1H3/b5-4-,11-8+/t13-/m0/s1. The van der Waals surface area contributed by atoms with Gasteiger partial charge in [-0.3, -0.25) is 0 Å². The smallest absolute Gasteiger partial charge is 0.0723 e. The van der Waals surface area contributed by atoms with Crippen molar-refractivity contribution in [1.82, 2.24) is 0 Å². The molecule has 0 aliphatic heterocycles. The van der Waals surface area contributed by atoms with E-state index < -0.39 is 0 Å². The molecule has 0 bridgehead atoms. The van der Waals surface area contributed by atoms with Crippen LogP contribution in [-0.2, 0) is 0 Å². The molecule has 2 heteroatoms. The predicted octanol–water partition coefficient (Wildman–Crippen LogP) is 2.81. The molecule has 0 saturated heterocycles. The number of rotatable bonds is 9. The Morgan fingerprint density at radius 2 is 1.93 bits per heavy atom. The minimum Gasteiger partial charge on any atom is -0.396 e. The Morgan fingerprint density at radius 3 is 2.60 bits per heavy atom. The largest absolute Gasteiger partial charge is 0.396 e. The van der Waals surface area contributed by atoms with Crippen molar-refractivity contribution in [2.24, 2.45) is 0 Å². The van der Waals surface area contributed by atoms with Crippen molar-refractivity contribution in [2.75, 3.05) is 6.61 Å². The lowest BCUT2D eigenvalue weighted by Gasteiger charge is -2.02. The van der Waals surface area contributed by atoms with Gasteiger partial charge >= 0.3 is 0 Å². The molecule has 0 fully saturated rings. The van der Waals surface area contributed by atoms with Crippen LogP contribution < -0.4 is 0 Å². The molecule has 0 aromatic carbocycles. The van der Waals surface area contributed by atoms with Crippen LogP contribution in [0.15, 0.2) is 24.3 Å². The summed E-state index contributed by atoms with van der Waals surface area (Å²) in [5.41, 5.74) is 0. The van der Waals surface area contributed by atoms with E-state index in [0.717, 1.165) is 25.7 Å². The first-order valence-corrected chi connectivity index (χ1v) is 5.93. The van der Waals surface area contributed by atoms with Gasteiger partial charge in [0, 0.05) is 6.61 Å². The van der Waals surface area contributed by atoms with E-state index in [0.29, 0.717) is 0 Å². The first-order chi connectivity index (χ1) is 7.31. The van der Waals surface area contributed by atoms with Crippen LogP contribution in [0.1, 0.15) is 45.4 Å². The zero-order valence-electron chi connectivity index (χ0n) is 9.73. The average Bonchev–Trinajstić information content (AvgIpc) is 2.23. The third kappa shape index (κ3) is 11.3. The fourth-order valence-corrected chi connectivity index (χ4v) is 1.28. The van der Waals surface area contributed by atoms with Crippen molar-refractivity contribution in [2.45, 2.75) is 51.6 Å². The summed E-state index contributed by atoms with van der Waals surface area (Å²) in [6, 6.07) is 0. The molecule has 0 unspecified atom stereocenters. The molecule has 15 heavy (non-hydrogen) atoms. The zero-order chi connectivity index (χ0) is 11.4. The fraction of sp³-hybridized carbons (Fsp3) is 0.692. The van der Waals surface area contributed by atoms with Gasteiger partial charge in [0.2, 0.25) is 0 Å². The topological polar surface area (TPSA) is 40.5 Å². The lowest BCUT2D eigenvalue weighted by molar-refractivity contribution is 0.208. The summed E-state index contributed by atoms with van der Waals surface area (Å²) in [6.45, 7) is 2.40. The monoisotopic (exact) mass is 212 g/mol. The van der Waals surface area contributed by atoms with E-state index in [2.05, 4.69) is 6.92 Å². The second-order valence-electron chi connectivity index (χ2n) is 3.74. The number of hydrogen-bond donors (Lipinski definition) is 2. The van der Waals surface area contributed by atoms with Crippen molar-refractivity contribution in [3.05, 3.63) is 24.3 Å². The number of unbranched alkanes of at least 4 members (excludes halogenated alkanes) is 3. The van der Waals surface area contributed by atoms with E-state index in [1.807, 2.05) is 24.3 Å². The summed E-state index contributed by atoms with van der Waals surface area (Å²) >= 11 is 0. The Hall–Kier alpha value is -0.600. The van der Waals surface area contributed by atoms with Gasteiger partial charge in [-0.05, 0) is 19.3 Å². The quantitative estimate of drug-likeness (QED) is 0.456. The first kappa shape index (κ1) is 14.4. The number of aliphatic hydroxyl groups is 2. The highest BCUT2D eigenvalue weighted by Gasteiger charge is 1.96. The molecule has 2 nitrogen and oxygen atoms in total. The predicted molar refractivity (Wildman–Crippen MR) is 64.7 cm³/mol. The summed E-state index contributed by atoms with van der Waals surface area (Å²) in [5, 5.41) is 18.1. The van der Waals surface area contributed by atoms with E-state index >= 15 is 0 Å². The Balaban J connectivity index is 3.44. The molecule has 0 aliphatic rings. The Morgan fingerprint density at radius 1 is 1.13 bits per heavy atom. The maximum atomic E-state index is 9.52. The molecule has 0 heterocycles. The second kappa shape index (κ2) is 11.5. The molecule has 0 radical (unpaired) electrons. The van der Waals surface area contributed by atoms with Gasteiger partial charge in [0.05, 0.1) is 6.10 Å². The van der Waals surface area contributed by atoms with Crippen LogP contribution in [0.4, 0.5) is 0 Å². The van der Waals surface area contributed by atoms with Crippen LogP contribution in [0.2, 0.25) is 0 Å². The molecule has 0 aliphatic carbocycles. The Labute approximate surface area is 93.3 Å². The Kier molecular flexibility index (Phi) is 11.0.